The predicted molar refractivity (Wildman–Crippen MR) is 56.2 cm³/mol. The summed E-state index contributed by atoms with van der Waals surface area (Å²) in [4.78, 5) is 0. The maximum atomic E-state index is 9.26. The molecule has 0 aliphatic rings. The van der Waals surface area contributed by atoms with Crippen molar-refractivity contribution in [2.45, 2.75) is 26.0 Å². The largest absolute Gasteiger partial charge is 0.391 e. The van der Waals surface area contributed by atoms with Crippen LogP contribution in [0.15, 0.2) is 24.3 Å². The second kappa shape index (κ2) is 4.49. The zero-order valence-corrected chi connectivity index (χ0v) is 8.55. The maximum Gasteiger partial charge on any atom is 0.0710 e. The van der Waals surface area contributed by atoms with E-state index in [2.05, 4.69) is 5.32 Å². The van der Waals surface area contributed by atoms with Crippen LogP contribution in [0.4, 0.5) is 5.69 Å². The number of hydrogen-bond donors (Lipinski definition) is 2. The summed E-state index contributed by atoms with van der Waals surface area (Å²) in [6.07, 6.45) is -0.376. The van der Waals surface area contributed by atoms with Crippen LogP contribution in [0, 0.1) is 0 Å². The first-order valence-corrected chi connectivity index (χ1v) is 4.67. The van der Waals surface area contributed by atoms with Crippen molar-refractivity contribution in [1.82, 2.24) is 0 Å². The number of aliphatic hydroxyl groups excluding tert-OH is 1. The van der Waals surface area contributed by atoms with E-state index in [1.165, 1.54) is 0 Å². The van der Waals surface area contributed by atoms with Gasteiger partial charge in [-0.1, -0.05) is 17.7 Å². The van der Waals surface area contributed by atoms with Gasteiger partial charge >= 0.3 is 0 Å². The molecule has 1 rings (SSSR count). The Bertz CT molecular complexity index is 275. The molecule has 1 aromatic rings. The smallest absolute Gasteiger partial charge is 0.0710 e. The molecule has 0 saturated heterocycles. The van der Waals surface area contributed by atoms with Gasteiger partial charge in [0.1, 0.15) is 0 Å². The van der Waals surface area contributed by atoms with E-state index >= 15 is 0 Å². The minimum absolute atomic E-state index is 0.0264. The molecule has 1 unspecified atom stereocenters. The van der Waals surface area contributed by atoms with Crippen LogP contribution in [0.5, 0.6) is 0 Å². The van der Waals surface area contributed by atoms with E-state index in [1.54, 1.807) is 6.92 Å². The minimum Gasteiger partial charge on any atom is -0.391 e. The molecule has 0 radical (unpaired) electrons. The van der Waals surface area contributed by atoms with Crippen molar-refractivity contribution < 1.29 is 5.11 Å². The van der Waals surface area contributed by atoms with Gasteiger partial charge in [-0.25, -0.2) is 0 Å². The molecule has 0 amide bonds. The van der Waals surface area contributed by atoms with Gasteiger partial charge in [-0.15, -0.1) is 0 Å². The summed E-state index contributed by atoms with van der Waals surface area (Å²) < 4.78 is 0. The van der Waals surface area contributed by atoms with Crippen molar-refractivity contribution in [3.63, 3.8) is 0 Å². The molecule has 2 nitrogen and oxygen atoms in total. The Morgan fingerprint density at radius 3 is 2.62 bits per heavy atom. The number of anilines is 1. The molecule has 2 atom stereocenters. The van der Waals surface area contributed by atoms with Crippen molar-refractivity contribution in [3.05, 3.63) is 29.3 Å². The van der Waals surface area contributed by atoms with E-state index in [0.29, 0.717) is 5.02 Å². The molecule has 72 valence electrons. The van der Waals surface area contributed by atoms with Gasteiger partial charge in [0, 0.05) is 16.8 Å². The SMILES string of the molecule is CC(O)[C@@H](C)Nc1cccc(Cl)c1. The highest BCUT2D eigenvalue weighted by Crippen LogP contribution is 2.16. The third kappa shape index (κ3) is 3.25. The van der Waals surface area contributed by atoms with Crippen LogP contribution in [0.3, 0.4) is 0 Å². The van der Waals surface area contributed by atoms with E-state index in [0.717, 1.165) is 5.69 Å². The van der Waals surface area contributed by atoms with Crippen LogP contribution in [-0.2, 0) is 0 Å². The molecule has 0 aromatic heterocycles. The second-order valence-corrected chi connectivity index (χ2v) is 3.62. The predicted octanol–water partition coefficient (Wildman–Crippen LogP) is 2.52. The molecule has 2 N–H and O–H groups in total. The minimum atomic E-state index is -0.376. The summed E-state index contributed by atoms with van der Waals surface area (Å²) in [7, 11) is 0. The first-order chi connectivity index (χ1) is 6.09. The molecular formula is C10H14ClNO. The lowest BCUT2D eigenvalue weighted by atomic mass is 10.2. The molecule has 0 spiro atoms. The van der Waals surface area contributed by atoms with E-state index in [1.807, 2.05) is 31.2 Å². The van der Waals surface area contributed by atoms with Gasteiger partial charge in [0.25, 0.3) is 0 Å². The Morgan fingerprint density at radius 2 is 2.08 bits per heavy atom. The normalized spacial score (nSPS) is 15.1. The Balaban J connectivity index is 2.64. The quantitative estimate of drug-likeness (QED) is 0.784. The number of halogens is 1. The fraction of sp³-hybridized carbons (Fsp3) is 0.400. The molecule has 13 heavy (non-hydrogen) atoms. The van der Waals surface area contributed by atoms with Crippen LogP contribution in [0.1, 0.15) is 13.8 Å². The fourth-order valence-corrected chi connectivity index (χ4v) is 1.15. The molecule has 0 bridgehead atoms. The summed E-state index contributed by atoms with van der Waals surface area (Å²) in [5.74, 6) is 0. The van der Waals surface area contributed by atoms with Gasteiger partial charge in [-0.3, -0.25) is 0 Å². The van der Waals surface area contributed by atoms with Crippen LogP contribution in [0.2, 0.25) is 5.02 Å². The highest BCUT2D eigenvalue weighted by molar-refractivity contribution is 6.30. The molecule has 1 aromatic carbocycles. The lowest BCUT2D eigenvalue weighted by molar-refractivity contribution is 0.178. The van der Waals surface area contributed by atoms with E-state index < -0.39 is 0 Å². The van der Waals surface area contributed by atoms with Gasteiger partial charge in [0.05, 0.1) is 6.10 Å². The van der Waals surface area contributed by atoms with Gasteiger partial charge in [-0.05, 0) is 32.0 Å². The Hall–Kier alpha value is -0.730. The highest BCUT2D eigenvalue weighted by Gasteiger charge is 2.07. The summed E-state index contributed by atoms with van der Waals surface area (Å²) in [6, 6.07) is 7.48. The number of nitrogens with one attached hydrogen (secondary N) is 1. The molecule has 0 saturated carbocycles. The summed E-state index contributed by atoms with van der Waals surface area (Å²) in [5, 5.41) is 13.1. The first-order valence-electron chi connectivity index (χ1n) is 4.30. The summed E-state index contributed by atoms with van der Waals surface area (Å²) >= 11 is 5.81. The van der Waals surface area contributed by atoms with Crippen LogP contribution < -0.4 is 5.32 Å². The Morgan fingerprint density at radius 1 is 1.38 bits per heavy atom. The Kier molecular flexibility index (Phi) is 3.58. The lowest BCUT2D eigenvalue weighted by Crippen LogP contribution is -2.27. The molecule has 0 aliphatic carbocycles. The van der Waals surface area contributed by atoms with Gasteiger partial charge in [0.15, 0.2) is 0 Å². The third-order valence-electron chi connectivity index (χ3n) is 1.94. The van der Waals surface area contributed by atoms with Crippen LogP contribution >= 0.6 is 11.6 Å². The number of rotatable bonds is 3. The van der Waals surface area contributed by atoms with E-state index in [4.69, 9.17) is 11.6 Å². The van der Waals surface area contributed by atoms with Crippen molar-refractivity contribution in [2.75, 3.05) is 5.32 Å². The summed E-state index contributed by atoms with van der Waals surface area (Å²) in [5.41, 5.74) is 0.931. The second-order valence-electron chi connectivity index (χ2n) is 3.18. The third-order valence-corrected chi connectivity index (χ3v) is 2.18. The highest BCUT2D eigenvalue weighted by atomic mass is 35.5. The zero-order chi connectivity index (χ0) is 9.84. The molecule has 3 heteroatoms. The van der Waals surface area contributed by atoms with E-state index in [-0.39, 0.29) is 12.1 Å². The van der Waals surface area contributed by atoms with E-state index in [9.17, 15) is 5.11 Å². The van der Waals surface area contributed by atoms with Crippen molar-refractivity contribution >= 4 is 17.3 Å². The van der Waals surface area contributed by atoms with Gasteiger partial charge < -0.3 is 10.4 Å². The Labute approximate surface area is 83.5 Å². The van der Waals surface area contributed by atoms with Crippen molar-refractivity contribution in [3.8, 4) is 0 Å². The first kappa shape index (κ1) is 10.4. The van der Waals surface area contributed by atoms with Crippen molar-refractivity contribution in [2.24, 2.45) is 0 Å². The monoisotopic (exact) mass is 199 g/mol. The van der Waals surface area contributed by atoms with Crippen LogP contribution in [0.25, 0.3) is 0 Å². The fourth-order valence-electron chi connectivity index (χ4n) is 0.962. The molecular weight excluding hydrogens is 186 g/mol. The molecule has 0 fully saturated rings. The van der Waals surface area contributed by atoms with Gasteiger partial charge in [0.2, 0.25) is 0 Å². The number of benzene rings is 1. The summed E-state index contributed by atoms with van der Waals surface area (Å²) in [6.45, 7) is 3.67. The molecule has 0 aliphatic heterocycles. The maximum absolute atomic E-state index is 9.26. The standard InChI is InChI=1S/C10H14ClNO/c1-7(8(2)13)12-10-5-3-4-9(11)6-10/h3-8,12-13H,1-2H3/t7-,8?/m1/s1. The number of hydrogen-bond acceptors (Lipinski definition) is 2. The number of aliphatic hydroxyl groups is 1. The average Bonchev–Trinajstić information content (AvgIpc) is 2.04. The topological polar surface area (TPSA) is 32.3 Å². The van der Waals surface area contributed by atoms with Crippen molar-refractivity contribution in [1.29, 1.82) is 0 Å². The average molecular weight is 200 g/mol. The zero-order valence-electron chi connectivity index (χ0n) is 7.79. The molecule has 0 heterocycles. The lowest BCUT2D eigenvalue weighted by Gasteiger charge is -2.17. The van der Waals surface area contributed by atoms with Gasteiger partial charge in [-0.2, -0.15) is 0 Å². The van der Waals surface area contributed by atoms with Crippen LogP contribution in [-0.4, -0.2) is 17.3 Å².